The van der Waals surface area contributed by atoms with Crippen LogP contribution in [0.3, 0.4) is 0 Å². The minimum absolute atomic E-state index is 0.0593. The normalized spacial score (nSPS) is 18.3. The molecule has 8 nitrogen and oxygen atoms in total. The van der Waals surface area contributed by atoms with Crippen LogP contribution >= 0.6 is 0 Å². The number of nitrogens with zero attached hydrogens (tertiary/aromatic N) is 2. The van der Waals surface area contributed by atoms with Crippen LogP contribution in [0, 0.1) is 0 Å². The number of hydrogen-bond donors (Lipinski definition) is 1. The maximum atomic E-state index is 13.2. The van der Waals surface area contributed by atoms with E-state index in [2.05, 4.69) is 10.3 Å². The number of hydrogen-bond acceptors (Lipinski definition) is 6. The number of carbonyl (C=O) groups excluding carboxylic acids is 2. The van der Waals surface area contributed by atoms with E-state index >= 15 is 0 Å². The number of aromatic nitrogens is 1. The second-order valence-corrected chi connectivity index (χ2v) is 10.2. The van der Waals surface area contributed by atoms with Crippen LogP contribution in [0.25, 0.3) is 11.3 Å². The lowest BCUT2D eigenvalue weighted by Gasteiger charge is -2.22. The molecular weight excluding hydrogens is 499 g/mol. The molecule has 0 aliphatic carbocycles. The maximum Gasteiger partial charge on any atom is 0.501 e. The monoisotopic (exact) mass is 519 g/mol. The van der Waals surface area contributed by atoms with Crippen molar-refractivity contribution in [1.29, 1.82) is 0 Å². The summed E-state index contributed by atoms with van der Waals surface area (Å²) in [6.07, 6.45) is 1.69. The number of benzene rings is 2. The van der Waals surface area contributed by atoms with Crippen LogP contribution in [-0.2, 0) is 21.1 Å². The Kier molecular flexibility index (Phi) is 6.25. The van der Waals surface area contributed by atoms with E-state index in [9.17, 15) is 31.2 Å². The molecule has 1 fully saturated rings. The van der Waals surface area contributed by atoms with Crippen molar-refractivity contribution in [3.8, 4) is 17.0 Å². The molecule has 2 heterocycles. The summed E-state index contributed by atoms with van der Waals surface area (Å²) < 4.78 is 66.7. The number of methoxy groups -OCH3 is 1. The minimum atomic E-state index is -5.56. The molecule has 3 aromatic rings. The van der Waals surface area contributed by atoms with E-state index in [1.54, 1.807) is 37.6 Å². The molecule has 1 aromatic heterocycles. The predicted molar refractivity (Wildman–Crippen MR) is 124 cm³/mol. The van der Waals surface area contributed by atoms with Gasteiger partial charge in [-0.3, -0.25) is 9.78 Å². The van der Waals surface area contributed by atoms with Gasteiger partial charge in [0.05, 0.1) is 23.4 Å². The number of alkyl halides is 3. The van der Waals surface area contributed by atoms with Crippen molar-refractivity contribution in [3.05, 3.63) is 72.4 Å². The number of ether oxygens (including phenoxy) is 1. The molecule has 188 valence electrons. The minimum Gasteiger partial charge on any atom is -0.497 e. The zero-order chi connectivity index (χ0) is 26.3. The molecule has 1 unspecified atom stereocenters. The SMILES string of the molecule is COc1ccc(-c2cc(CC3(C)NC(=O)N(c4ccc(S(=O)(=O)C(F)(F)F)cc4)C3=O)ccn2)cc1. The molecule has 1 saturated heterocycles. The lowest BCUT2D eigenvalue weighted by atomic mass is 9.92. The predicted octanol–water partition coefficient (Wildman–Crippen LogP) is 4.11. The summed E-state index contributed by atoms with van der Waals surface area (Å²) in [5.41, 5.74) is -4.71. The lowest BCUT2D eigenvalue weighted by Crippen LogP contribution is -2.46. The zero-order valence-electron chi connectivity index (χ0n) is 19.0. The van der Waals surface area contributed by atoms with Gasteiger partial charge in [0.1, 0.15) is 11.3 Å². The third-order valence-electron chi connectivity index (χ3n) is 5.74. The first-order chi connectivity index (χ1) is 16.9. The van der Waals surface area contributed by atoms with Crippen molar-refractivity contribution in [3.63, 3.8) is 0 Å². The van der Waals surface area contributed by atoms with Gasteiger partial charge >= 0.3 is 11.5 Å². The molecule has 1 aliphatic rings. The van der Waals surface area contributed by atoms with Gasteiger partial charge in [0.2, 0.25) is 0 Å². The fourth-order valence-electron chi connectivity index (χ4n) is 3.86. The highest BCUT2D eigenvalue weighted by molar-refractivity contribution is 7.92. The van der Waals surface area contributed by atoms with E-state index in [-0.39, 0.29) is 12.1 Å². The van der Waals surface area contributed by atoms with Crippen LogP contribution < -0.4 is 15.0 Å². The van der Waals surface area contributed by atoms with Gasteiger partial charge in [-0.1, -0.05) is 0 Å². The molecule has 1 aliphatic heterocycles. The summed E-state index contributed by atoms with van der Waals surface area (Å²) in [7, 11) is -4.00. The van der Waals surface area contributed by atoms with Crippen LogP contribution in [0.15, 0.2) is 71.8 Å². The number of urea groups is 1. The fraction of sp³-hybridized carbons (Fsp3) is 0.208. The summed E-state index contributed by atoms with van der Waals surface area (Å²) in [4.78, 5) is 30.0. The Hall–Kier alpha value is -3.93. The number of anilines is 1. The van der Waals surface area contributed by atoms with Crippen LogP contribution in [0.2, 0.25) is 0 Å². The van der Waals surface area contributed by atoms with Gasteiger partial charge in [-0.15, -0.1) is 0 Å². The molecule has 0 saturated carbocycles. The van der Waals surface area contributed by atoms with Gasteiger partial charge < -0.3 is 10.1 Å². The summed E-state index contributed by atoms with van der Waals surface area (Å²) >= 11 is 0. The van der Waals surface area contributed by atoms with Gasteiger partial charge in [-0.05, 0) is 73.2 Å². The molecule has 36 heavy (non-hydrogen) atoms. The Morgan fingerprint density at radius 1 is 1.03 bits per heavy atom. The standard InChI is InChI=1S/C24H20F3N3O5S/c1-23(14-15-11-12-28-20(13-15)16-3-7-18(35-2)8-4-16)21(31)30(22(32)29-23)17-5-9-19(10-6-17)36(33,34)24(25,26)27/h3-13H,14H2,1-2H3,(H,29,32). The molecule has 0 spiro atoms. The van der Waals surface area contributed by atoms with Gasteiger partial charge in [0.15, 0.2) is 0 Å². The number of rotatable bonds is 6. The number of pyridine rings is 1. The number of amides is 3. The Bertz CT molecular complexity index is 1420. The molecule has 0 bridgehead atoms. The van der Waals surface area contributed by atoms with E-state index < -0.39 is 37.7 Å². The smallest absolute Gasteiger partial charge is 0.497 e. The zero-order valence-corrected chi connectivity index (χ0v) is 19.9. The second kappa shape index (κ2) is 8.94. The van der Waals surface area contributed by atoms with Crippen molar-refractivity contribution < 1.29 is 35.9 Å². The molecule has 1 atom stereocenters. The Labute approximate surface area is 204 Å². The van der Waals surface area contributed by atoms with Crippen molar-refractivity contribution in [2.45, 2.75) is 29.3 Å². The highest BCUT2D eigenvalue weighted by Crippen LogP contribution is 2.33. The third-order valence-corrected chi connectivity index (χ3v) is 7.24. The Balaban J connectivity index is 1.57. The van der Waals surface area contributed by atoms with E-state index in [1.165, 1.54) is 6.92 Å². The summed E-state index contributed by atoms with van der Waals surface area (Å²) in [6, 6.07) is 13.3. The molecule has 2 aromatic carbocycles. The Morgan fingerprint density at radius 2 is 1.67 bits per heavy atom. The van der Waals surface area contributed by atoms with Crippen LogP contribution in [0.1, 0.15) is 12.5 Å². The fourth-order valence-corrected chi connectivity index (χ4v) is 4.62. The van der Waals surface area contributed by atoms with E-state index in [0.717, 1.165) is 22.6 Å². The van der Waals surface area contributed by atoms with Crippen molar-refractivity contribution in [2.75, 3.05) is 12.0 Å². The van der Waals surface area contributed by atoms with Crippen LogP contribution in [-0.4, -0.2) is 43.5 Å². The topological polar surface area (TPSA) is 106 Å². The molecular formula is C24H20F3N3O5S. The first kappa shape index (κ1) is 25.2. The van der Waals surface area contributed by atoms with Crippen molar-refractivity contribution in [1.82, 2.24) is 10.3 Å². The number of imide groups is 1. The number of nitrogens with one attached hydrogen (secondary N) is 1. The largest absolute Gasteiger partial charge is 0.501 e. The van der Waals surface area contributed by atoms with E-state index in [0.29, 0.717) is 29.1 Å². The molecule has 0 radical (unpaired) electrons. The first-order valence-corrected chi connectivity index (χ1v) is 12.0. The molecule has 1 N–H and O–H groups in total. The van der Waals surface area contributed by atoms with Crippen LogP contribution in [0.5, 0.6) is 5.75 Å². The third kappa shape index (κ3) is 4.51. The lowest BCUT2D eigenvalue weighted by molar-refractivity contribution is -0.121. The summed E-state index contributed by atoms with van der Waals surface area (Å²) in [5, 5.41) is 2.62. The molecule has 3 amide bonds. The molecule has 12 heteroatoms. The second-order valence-electron chi connectivity index (χ2n) is 8.30. The maximum absolute atomic E-state index is 13.2. The summed E-state index contributed by atoms with van der Waals surface area (Å²) in [6.45, 7) is 1.53. The Morgan fingerprint density at radius 3 is 2.25 bits per heavy atom. The highest BCUT2D eigenvalue weighted by atomic mass is 32.2. The number of halogens is 3. The van der Waals surface area contributed by atoms with Crippen molar-refractivity contribution >= 4 is 27.5 Å². The summed E-state index contributed by atoms with van der Waals surface area (Å²) in [5.74, 6) is 0.0487. The number of sulfone groups is 1. The highest BCUT2D eigenvalue weighted by Gasteiger charge is 2.49. The van der Waals surface area contributed by atoms with Gasteiger partial charge in [0, 0.05) is 18.2 Å². The van der Waals surface area contributed by atoms with Crippen molar-refractivity contribution in [2.24, 2.45) is 0 Å². The average Bonchev–Trinajstić information content (AvgIpc) is 3.06. The quantitative estimate of drug-likeness (QED) is 0.492. The van der Waals surface area contributed by atoms with E-state index in [1.807, 2.05) is 12.1 Å². The van der Waals surface area contributed by atoms with E-state index in [4.69, 9.17) is 4.74 Å². The van der Waals surface area contributed by atoms with Gasteiger partial charge in [-0.2, -0.15) is 13.2 Å². The van der Waals surface area contributed by atoms with Gasteiger partial charge in [-0.25, -0.2) is 18.1 Å². The van der Waals surface area contributed by atoms with Gasteiger partial charge in [0.25, 0.3) is 15.7 Å². The first-order valence-electron chi connectivity index (χ1n) is 10.5. The molecule has 4 rings (SSSR count). The number of carbonyl (C=O) groups is 2. The average molecular weight is 520 g/mol. The van der Waals surface area contributed by atoms with Crippen LogP contribution in [0.4, 0.5) is 23.7 Å².